The third kappa shape index (κ3) is 3.36. The highest BCUT2D eigenvalue weighted by Crippen LogP contribution is 2.12. The van der Waals surface area contributed by atoms with Gasteiger partial charge in [0.2, 0.25) is 0 Å². The summed E-state index contributed by atoms with van der Waals surface area (Å²) in [5.74, 6) is 0.915. The molecule has 0 radical (unpaired) electrons. The molecule has 0 unspecified atom stereocenters. The van der Waals surface area contributed by atoms with Crippen molar-refractivity contribution in [1.82, 2.24) is 4.90 Å². The van der Waals surface area contributed by atoms with Crippen LogP contribution in [0.25, 0.3) is 0 Å². The lowest BCUT2D eigenvalue weighted by Crippen LogP contribution is -2.27. The van der Waals surface area contributed by atoms with E-state index in [0.29, 0.717) is 6.67 Å². The Bertz CT molecular complexity index is 276. The number of nitrogens with zero attached hydrogens (tertiary/aromatic N) is 1. The van der Waals surface area contributed by atoms with Crippen molar-refractivity contribution in [2.24, 2.45) is 5.73 Å². The van der Waals surface area contributed by atoms with Crippen LogP contribution in [0.15, 0.2) is 24.3 Å². The van der Waals surface area contributed by atoms with E-state index in [-0.39, 0.29) is 0 Å². The maximum Gasteiger partial charge on any atom is 0.119 e. The monoisotopic (exact) mass is 194 g/mol. The summed E-state index contributed by atoms with van der Waals surface area (Å²) in [5.41, 5.74) is 6.78. The van der Waals surface area contributed by atoms with Crippen LogP contribution in [-0.2, 0) is 6.42 Å². The maximum atomic E-state index is 5.49. The first-order chi connectivity index (χ1) is 6.76. The normalized spacial score (nSPS) is 10.6. The Morgan fingerprint density at radius 3 is 2.86 bits per heavy atom. The van der Waals surface area contributed by atoms with Crippen LogP contribution in [0.5, 0.6) is 5.75 Å². The fraction of sp³-hybridized carbons (Fsp3) is 0.455. The molecule has 2 N–H and O–H groups in total. The molecule has 3 nitrogen and oxygen atoms in total. The van der Waals surface area contributed by atoms with Crippen LogP contribution in [0, 0.1) is 0 Å². The van der Waals surface area contributed by atoms with Gasteiger partial charge in [0.25, 0.3) is 0 Å². The van der Waals surface area contributed by atoms with Crippen molar-refractivity contribution in [1.29, 1.82) is 0 Å². The van der Waals surface area contributed by atoms with E-state index in [0.717, 1.165) is 18.7 Å². The second-order valence-corrected chi connectivity index (χ2v) is 3.36. The molecular weight excluding hydrogens is 176 g/mol. The van der Waals surface area contributed by atoms with Crippen LogP contribution in [-0.4, -0.2) is 32.3 Å². The Morgan fingerprint density at radius 2 is 2.21 bits per heavy atom. The second-order valence-electron chi connectivity index (χ2n) is 3.36. The van der Waals surface area contributed by atoms with E-state index < -0.39 is 0 Å². The third-order valence-electron chi connectivity index (χ3n) is 2.23. The van der Waals surface area contributed by atoms with Crippen molar-refractivity contribution in [2.45, 2.75) is 6.42 Å². The second kappa shape index (κ2) is 5.62. The molecule has 0 aliphatic rings. The number of likely N-dealkylation sites (N-methyl/N-ethyl adjacent to an activating group) is 1. The van der Waals surface area contributed by atoms with E-state index in [1.807, 2.05) is 19.2 Å². The zero-order chi connectivity index (χ0) is 10.4. The van der Waals surface area contributed by atoms with Gasteiger partial charge < -0.3 is 10.5 Å². The highest BCUT2D eigenvalue weighted by Gasteiger charge is 1.98. The van der Waals surface area contributed by atoms with Gasteiger partial charge in [-0.15, -0.1) is 0 Å². The molecular formula is C11H18N2O. The highest BCUT2D eigenvalue weighted by molar-refractivity contribution is 5.28. The van der Waals surface area contributed by atoms with Crippen molar-refractivity contribution >= 4 is 0 Å². The smallest absolute Gasteiger partial charge is 0.119 e. The van der Waals surface area contributed by atoms with Gasteiger partial charge in [-0.1, -0.05) is 12.1 Å². The Hall–Kier alpha value is -1.06. The standard InChI is InChI=1S/C11H18N2O/c1-13(9-12)7-6-10-4-3-5-11(8-10)14-2/h3-5,8H,6-7,9,12H2,1-2H3. The lowest BCUT2D eigenvalue weighted by Gasteiger charge is -2.13. The molecule has 1 aromatic rings. The first-order valence-corrected chi connectivity index (χ1v) is 4.78. The van der Waals surface area contributed by atoms with Gasteiger partial charge in [0, 0.05) is 13.2 Å². The zero-order valence-electron chi connectivity index (χ0n) is 8.86. The fourth-order valence-electron chi connectivity index (χ4n) is 1.24. The molecule has 1 rings (SSSR count). The molecule has 0 amide bonds. The lowest BCUT2D eigenvalue weighted by molar-refractivity contribution is 0.349. The fourth-order valence-corrected chi connectivity index (χ4v) is 1.24. The Morgan fingerprint density at radius 1 is 1.43 bits per heavy atom. The van der Waals surface area contributed by atoms with E-state index in [2.05, 4.69) is 17.0 Å². The molecule has 1 aromatic carbocycles. The average Bonchev–Trinajstić information content (AvgIpc) is 2.26. The van der Waals surface area contributed by atoms with Crippen molar-refractivity contribution in [3.8, 4) is 5.75 Å². The number of nitrogens with two attached hydrogens (primary N) is 1. The first kappa shape index (κ1) is 11.0. The van der Waals surface area contributed by atoms with Gasteiger partial charge in [-0.3, -0.25) is 4.90 Å². The van der Waals surface area contributed by atoms with E-state index >= 15 is 0 Å². The van der Waals surface area contributed by atoms with Gasteiger partial charge in [-0.25, -0.2) is 0 Å². The largest absolute Gasteiger partial charge is 0.497 e. The maximum absolute atomic E-state index is 5.49. The molecule has 0 bridgehead atoms. The molecule has 0 saturated carbocycles. The molecule has 0 aromatic heterocycles. The van der Waals surface area contributed by atoms with Gasteiger partial charge >= 0.3 is 0 Å². The topological polar surface area (TPSA) is 38.5 Å². The van der Waals surface area contributed by atoms with Crippen molar-refractivity contribution in [3.05, 3.63) is 29.8 Å². The summed E-state index contributed by atoms with van der Waals surface area (Å²) in [5, 5.41) is 0. The van der Waals surface area contributed by atoms with E-state index in [4.69, 9.17) is 10.5 Å². The van der Waals surface area contributed by atoms with Gasteiger partial charge in [0.1, 0.15) is 5.75 Å². The number of rotatable bonds is 5. The molecule has 14 heavy (non-hydrogen) atoms. The van der Waals surface area contributed by atoms with Crippen molar-refractivity contribution in [2.75, 3.05) is 27.4 Å². The molecule has 0 aliphatic heterocycles. The van der Waals surface area contributed by atoms with E-state index in [1.54, 1.807) is 7.11 Å². The zero-order valence-corrected chi connectivity index (χ0v) is 8.86. The molecule has 0 saturated heterocycles. The molecule has 0 fully saturated rings. The van der Waals surface area contributed by atoms with Crippen molar-refractivity contribution in [3.63, 3.8) is 0 Å². The number of methoxy groups -OCH3 is 1. The van der Waals surface area contributed by atoms with Crippen molar-refractivity contribution < 1.29 is 4.74 Å². The quantitative estimate of drug-likeness (QED) is 0.713. The minimum atomic E-state index is 0.601. The summed E-state index contributed by atoms with van der Waals surface area (Å²) in [7, 11) is 3.70. The van der Waals surface area contributed by atoms with Crippen LogP contribution < -0.4 is 10.5 Å². The predicted molar refractivity (Wildman–Crippen MR) is 58.4 cm³/mol. The minimum absolute atomic E-state index is 0.601. The summed E-state index contributed by atoms with van der Waals surface area (Å²) < 4.78 is 5.15. The number of hydrogen-bond donors (Lipinski definition) is 1. The summed E-state index contributed by atoms with van der Waals surface area (Å²) in [6.45, 7) is 1.58. The minimum Gasteiger partial charge on any atom is -0.497 e. The lowest BCUT2D eigenvalue weighted by atomic mass is 10.1. The van der Waals surface area contributed by atoms with Gasteiger partial charge in [-0.2, -0.15) is 0 Å². The Balaban J connectivity index is 2.50. The summed E-state index contributed by atoms with van der Waals surface area (Å²) >= 11 is 0. The van der Waals surface area contributed by atoms with E-state index in [9.17, 15) is 0 Å². The van der Waals surface area contributed by atoms with Crippen LogP contribution in [0.3, 0.4) is 0 Å². The number of ether oxygens (including phenoxy) is 1. The number of hydrogen-bond acceptors (Lipinski definition) is 3. The summed E-state index contributed by atoms with van der Waals surface area (Å²) in [4.78, 5) is 2.08. The van der Waals surface area contributed by atoms with E-state index in [1.165, 1.54) is 5.56 Å². The SMILES string of the molecule is COc1cccc(CCN(C)CN)c1. The third-order valence-corrected chi connectivity index (χ3v) is 2.23. The predicted octanol–water partition coefficient (Wildman–Crippen LogP) is 1.09. The highest BCUT2D eigenvalue weighted by atomic mass is 16.5. The molecule has 0 aliphatic carbocycles. The first-order valence-electron chi connectivity index (χ1n) is 4.78. The summed E-state index contributed by atoms with van der Waals surface area (Å²) in [6, 6.07) is 8.13. The summed E-state index contributed by atoms with van der Waals surface area (Å²) in [6.07, 6.45) is 1.00. The van der Waals surface area contributed by atoms with Crippen LogP contribution in [0.2, 0.25) is 0 Å². The van der Waals surface area contributed by atoms with Crippen LogP contribution in [0.1, 0.15) is 5.56 Å². The molecule has 3 heteroatoms. The molecule has 0 atom stereocenters. The van der Waals surface area contributed by atoms with Gasteiger partial charge in [-0.05, 0) is 31.2 Å². The number of benzene rings is 1. The van der Waals surface area contributed by atoms with Gasteiger partial charge in [0.15, 0.2) is 0 Å². The molecule has 78 valence electrons. The van der Waals surface area contributed by atoms with Gasteiger partial charge in [0.05, 0.1) is 7.11 Å². The van der Waals surface area contributed by atoms with Crippen LogP contribution in [0.4, 0.5) is 0 Å². The Labute approximate surface area is 85.5 Å². The Kier molecular flexibility index (Phi) is 4.43. The van der Waals surface area contributed by atoms with Crippen LogP contribution >= 0.6 is 0 Å². The molecule has 0 heterocycles. The average molecular weight is 194 g/mol. The molecule has 0 spiro atoms.